The van der Waals surface area contributed by atoms with Crippen molar-refractivity contribution in [1.82, 2.24) is 0 Å². The van der Waals surface area contributed by atoms with Crippen molar-refractivity contribution < 1.29 is 18.9 Å². The van der Waals surface area contributed by atoms with Gasteiger partial charge in [-0.15, -0.1) is 0 Å². The smallest absolute Gasteiger partial charge is 0.119 e. The third-order valence-electron chi connectivity index (χ3n) is 2.70. The Hall–Kier alpha value is -1.58. The van der Waals surface area contributed by atoms with E-state index in [-0.39, 0.29) is 0 Å². The summed E-state index contributed by atoms with van der Waals surface area (Å²) < 4.78 is 21.0. The fourth-order valence-electron chi connectivity index (χ4n) is 1.63. The summed E-state index contributed by atoms with van der Waals surface area (Å²) in [6, 6.07) is 5.71. The van der Waals surface area contributed by atoms with Crippen molar-refractivity contribution in [1.29, 1.82) is 0 Å². The van der Waals surface area contributed by atoms with Gasteiger partial charge in [0.25, 0.3) is 0 Å². The predicted molar refractivity (Wildman–Crippen MR) is 81.3 cm³/mol. The molecule has 1 aromatic rings. The van der Waals surface area contributed by atoms with Gasteiger partial charge < -0.3 is 24.7 Å². The van der Waals surface area contributed by atoms with Crippen LogP contribution in [-0.2, 0) is 20.8 Å². The second kappa shape index (κ2) is 11.1. The van der Waals surface area contributed by atoms with Crippen molar-refractivity contribution >= 4 is 0 Å². The van der Waals surface area contributed by atoms with E-state index in [9.17, 15) is 0 Å². The van der Waals surface area contributed by atoms with E-state index >= 15 is 0 Å². The summed E-state index contributed by atoms with van der Waals surface area (Å²) >= 11 is 0. The zero-order chi connectivity index (χ0) is 15.3. The van der Waals surface area contributed by atoms with Crippen LogP contribution in [0.1, 0.15) is 11.1 Å². The van der Waals surface area contributed by atoms with E-state index < -0.39 is 0 Å². The van der Waals surface area contributed by atoms with Crippen LogP contribution in [0.2, 0.25) is 0 Å². The maximum absolute atomic E-state index is 5.60. The highest BCUT2D eigenvalue weighted by atomic mass is 16.5. The molecule has 0 amide bonds. The standard InChI is InChI=1S/C16H23NO4/c1-18-8-9-20-10-11-21-13-15-12-16(19-2)6-5-14(15)4-3-7-17/h5-6,12H,7-11,13,17H2,1-2H3. The van der Waals surface area contributed by atoms with Gasteiger partial charge in [-0.2, -0.15) is 0 Å². The third-order valence-corrected chi connectivity index (χ3v) is 2.70. The van der Waals surface area contributed by atoms with Crippen molar-refractivity contribution in [2.75, 3.05) is 47.2 Å². The van der Waals surface area contributed by atoms with E-state index in [4.69, 9.17) is 24.7 Å². The number of hydrogen-bond acceptors (Lipinski definition) is 5. The molecule has 21 heavy (non-hydrogen) atoms. The molecule has 0 aliphatic rings. The van der Waals surface area contributed by atoms with Gasteiger partial charge in [-0.25, -0.2) is 0 Å². The largest absolute Gasteiger partial charge is 0.497 e. The van der Waals surface area contributed by atoms with Gasteiger partial charge in [0.1, 0.15) is 5.75 Å². The summed E-state index contributed by atoms with van der Waals surface area (Å²) in [4.78, 5) is 0. The normalized spacial score (nSPS) is 10.0. The lowest BCUT2D eigenvalue weighted by Gasteiger charge is -2.09. The molecule has 0 saturated carbocycles. The van der Waals surface area contributed by atoms with Crippen LogP contribution in [-0.4, -0.2) is 47.2 Å². The molecule has 0 saturated heterocycles. The first-order valence-corrected chi connectivity index (χ1v) is 6.82. The zero-order valence-corrected chi connectivity index (χ0v) is 12.7. The maximum atomic E-state index is 5.60. The molecule has 0 heterocycles. The number of hydrogen-bond donors (Lipinski definition) is 1. The van der Waals surface area contributed by atoms with Gasteiger partial charge in [0.2, 0.25) is 0 Å². The molecular formula is C16H23NO4. The highest BCUT2D eigenvalue weighted by Crippen LogP contribution is 2.18. The topological polar surface area (TPSA) is 62.9 Å². The monoisotopic (exact) mass is 293 g/mol. The molecule has 0 fully saturated rings. The summed E-state index contributed by atoms with van der Waals surface area (Å²) in [5.74, 6) is 6.67. The first kappa shape index (κ1) is 17.5. The van der Waals surface area contributed by atoms with Crippen LogP contribution >= 0.6 is 0 Å². The summed E-state index contributed by atoms with van der Waals surface area (Å²) in [6.45, 7) is 3.02. The minimum Gasteiger partial charge on any atom is -0.497 e. The Kier molecular flexibility index (Phi) is 9.25. The average molecular weight is 293 g/mol. The zero-order valence-electron chi connectivity index (χ0n) is 12.7. The van der Waals surface area contributed by atoms with Crippen molar-refractivity contribution in [3.63, 3.8) is 0 Å². The van der Waals surface area contributed by atoms with Gasteiger partial charge >= 0.3 is 0 Å². The van der Waals surface area contributed by atoms with Crippen molar-refractivity contribution in [3.8, 4) is 17.6 Å². The highest BCUT2D eigenvalue weighted by Gasteiger charge is 2.03. The average Bonchev–Trinajstić information content (AvgIpc) is 2.52. The van der Waals surface area contributed by atoms with Crippen LogP contribution in [0.3, 0.4) is 0 Å². The molecule has 0 unspecified atom stereocenters. The molecule has 0 aliphatic heterocycles. The quantitative estimate of drug-likeness (QED) is 0.547. The molecule has 5 nitrogen and oxygen atoms in total. The van der Waals surface area contributed by atoms with Crippen molar-refractivity contribution in [2.45, 2.75) is 6.61 Å². The molecule has 0 atom stereocenters. The Labute approximate surface area is 126 Å². The number of ether oxygens (including phenoxy) is 4. The highest BCUT2D eigenvalue weighted by molar-refractivity contribution is 5.45. The fourth-order valence-corrected chi connectivity index (χ4v) is 1.63. The van der Waals surface area contributed by atoms with Gasteiger partial charge in [-0.3, -0.25) is 0 Å². The SMILES string of the molecule is COCCOCCOCc1cc(OC)ccc1C#CCN. The fraction of sp³-hybridized carbons (Fsp3) is 0.500. The van der Waals surface area contributed by atoms with Crippen LogP contribution in [0.15, 0.2) is 18.2 Å². The van der Waals surface area contributed by atoms with Crippen LogP contribution in [0, 0.1) is 11.8 Å². The van der Waals surface area contributed by atoms with Gasteiger partial charge in [-0.1, -0.05) is 11.8 Å². The second-order valence-corrected chi connectivity index (χ2v) is 4.19. The van der Waals surface area contributed by atoms with E-state index in [2.05, 4.69) is 11.8 Å². The number of benzene rings is 1. The minimum atomic E-state index is 0.333. The summed E-state index contributed by atoms with van der Waals surface area (Å²) in [7, 11) is 3.28. The van der Waals surface area contributed by atoms with E-state index in [1.807, 2.05) is 18.2 Å². The molecule has 0 aromatic heterocycles. The lowest BCUT2D eigenvalue weighted by Crippen LogP contribution is -2.08. The van der Waals surface area contributed by atoms with E-state index in [0.29, 0.717) is 39.6 Å². The van der Waals surface area contributed by atoms with Crippen LogP contribution < -0.4 is 10.5 Å². The summed E-state index contributed by atoms with van der Waals surface area (Å²) in [5.41, 5.74) is 7.29. The molecule has 0 spiro atoms. The van der Waals surface area contributed by atoms with Gasteiger partial charge in [-0.05, 0) is 23.8 Å². The Bertz CT molecular complexity index is 465. The lowest BCUT2D eigenvalue weighted by molar-refractivity contribution is 0.0199. The molecule has 0 radical (unpaired) electrons. The minimum absolute atomic E-state index is 0.333. The number of nitrogens with two attached hydrogens (primary N) is 1. The number of methoxy groups -OCH3 is 2. The van der Waals surface area contributed by atoms with Crippen LogP contribution in [0.25, 0.3) is 0 Å². The Morgan fingerprint density at radius 3 is 2.52 bits per heavy atom. The maximum Gasteiger partial charge on any atom is 0.119 e. The van der Waals surface area contributed by atoms with Gasteiger partial charge in [0.05, 0.1) is 46.7 Å². The summed E-state index contributed by atoms with van der Waals surface area (Å²) in [6.07, 6.45) is 0. The van der Waals surface area contributed by atoms with E-state index in [1.165, 1.54) is 0 Å². The third kappa shape index (κ3) is 7.11. The molecule has 2 N–H and O–H groups in total. The Balaban J connectivity index is 2.47. The van der Waals surface area contributed by atoms with Crippen molar-refractivity contribution in [3.05, 3.63) is 29.3 Å². The molecule has 1 rings (SSSR count). The molecule has 5 heteroatoms. The first-order valence-electron chi connectivity index (χ1n) is 6.82. The van der Waals surface area contributed by atoms with Crippen molar-refractivity contribution in [2.24, 2.45) is 5.73 Å². The second-order valence-electron chi connectivity index (χ2n) is 4.19. The predicted octanol–water partition coefficient (Wildman–Crippen LogP) is 1.18. The van der Waals surface area contributed by atoms with E-state index in [0.717, 1.165) is 16.9 Å². The molecule has 116 valence electrons. The van der Waals surface area contributed by atoms with Crippen LogP contribution in [0.4, 0.5) is 0 Å². The Morgan fingerprint density at radius 2 is 1.81 bits per heavy atom. The molecular weight excluding hydrogens is 270 g/mol. The number of rotatable bonds is 9. The Morgan fingerprint density at radius 1 is 1.05 bits per heavy atom. The summed E-state index contributed by atoms with van der Waals surface area (Å²) in [5, 5.41) is 0. The van der Waals surface area contributed by atoms with Gasteiger partial charge in [0, 0.05) is 12.7 Å². The molecule has 1 aromatic carbocycles. The molecule has 0 bridgehead atoms. The van der Waals surface area contributed by atoms with Crippen LogP contribution in [0.5, 0.6) is 5.75 Å². The van der Waals surface area contributed by atoms with E-state index in [1.54, 1.807) is 14.2 Å². The van der Waals surface area contributed by atoms with Gasteiger partial charge in [0.15, 0.2) is 0 Å². The lowest BCUT2D eigenvalue weighted by atomic mass is 10.1. The first-order chi connectivity index (χ1) is 10.3. The molecule has 0 aliphatic carbocycles.